The number of likely N-dealkylation sites (tertiary alicyclic amines) is 1. The normalized spacial score (nSPS) is 22.5. The Morgan fingerprint density at radius 1 is 1.33 bits per heavy atom. The van der Waals surface area contributed by atoms with Crippen LogP contribution in [0.25, 0.3) is 0 Å². The van der Waals surface area contributed by atoms with E-state index in [9.17, 15) is 0 Å². The molecule has 1 rings (SSSR count). The molecule has 1 heterocycles. The Hall–Kier alpha value is -0.120. The number of hydrogen-bond acceptors (Lipinski definition) is 3. The van der Waals surface area contributed by atoms with Gasteiger partial charge in [0.1, 0.15) is 0 Å². The SMILES string of the molecule is COCC(CN)N1CCCCC1. The first-order valence-electron chi connectivity index (χ1n) is 4.81. The van der Waals surface area contributed by atoms with Crippen molar-refractivity contribution in [1.29, 1.82) is 0 Å². The molecule has 0 aromatic heterocycles. The predicted octanol–water partition coefficient (Wildman–Crippen LogP) is 0.446. The summed E-state index contributed by atoms with van der Waals surface area (Å²) in [6, 6.07) is 0.440. The molecule has 1 aliphatic rings. The zero-order valence-electron chi connectivity index (χ0n) is 7.96. The summed E-state index contributed by atoms with van der Waals surface area (Å²) in [6.07, 6.45) is 4.02. The van der Waals surface area contributed by atoms with Crippen molar-refractivity contribution in [1.82, 2.24) is 4.90 Å². The van der Waals surface area contributed by atoms with E-state index in [0.717, 1.165) is 6.61 Å². The van der Waals surface area contributed by atoms with Crippen LogP contribution in [-0.2, 0) is 4.74 Å². The van der Waals surface area contributed by atoms with Crippen LogP contribution in [0.3, 0.4) is 0 Å². The Kier molecular flexibility index (Phi) is 4.58. The molecule has 12 heavy (non-hydrogen) atoms. The third kappa shape index (κ3) is 2.73. The van der Waals surface area contributed by atoms with E-state index in [4.69, 9.17) is 10.5 Å². The fourth-order valence-electron chi connectivity index (χ4n) is 1.80. The largest absolute Gasteiger partial charge is 0.383 e. The third-order valence-corrected chi connectivity index (χ3v) is 2.54. The lowest BCUT2D eigenvalue weighted by Gasteiger charge is -2.33. The second kappa shape index (κ2) is 5.51. The third-order valence-electron chi connectivity index (χ3n) is 2.54. The van der Waals surface area contributed by atoms with Gasteiger partial charge in [-0.05, 0) is 25.9 Å². The van der Waals surface area contributed by atoms with Crippen molar-refractivity contribution in [2.24, 2.45) is 5.73 Å². The maximum absolute atomic E-state index is 5.67. The van der Waals surface area contributed by atoms with Crippen molar-refractivity contribution in [3.05, 3.63) is 0 Å². The molecule has 0 spiro atoms. The maximum Gasteiger partial charge on any atom is 0.0630 e. The van der Waals surface area contributed by atoms with Gasteiger partial charge < -0.3 is 10.5 Å². The fourth-order valence-corrected chi connectivity index (χ4v) is 1.80. The molecule has 0 radical (unpaired) electrons. The summed E-state index contributed by atoms with van der Waals surface area (Å²) in [6.45, 7) is 3.89. The van der Waals surface area contributed by atoms with Gasteiger partial charge >= 0.3 is 0 Å². The Labute approximate surface area is 74.9 Å². The molecule has 3 heteroatoms. The maximum atomic E-state index is 5.67. The number of ether oxygens (including phenoxy) is 1. The summed E-state index contributed by atoms with van der Waals surface area (Å²) >= 11 is 0. The Morgan fingerprint density at radius 3 is 2.50 bits per heavy atom. The van der Waals surface area contributed by atoms with Crippen molar-refractivity contribution < 1.29 is 4.74 Å². The smallest absolute Gasteiger partial charge is 0.0630 e. The number of rotatable bonds is 4. The topological polar surface area (TPSA) is 38.5 Å². The first-order chi connectivity index (χ1) is 5.88. The van der Waals surface area contributed by atoms with Gasteiger partial charge in [0.25, 0.3) is 0 Å². The van der Waals surface area contributed by atoms with Gasteiger partial charge in [0.05, 0.1) is 6.61 Å². The lowest BCUT2D eigenvalue weighted by atomic mass is 10.1. The molecule has 1 unspecified atom stereocenters. The second-order valence-corrected chi connectivity index (χ2v) is 3.44. The van der Waals surface area contributed by atoms with Crippen molar-refractivity contribution in [3.8, 4) is 0 Å². The van der Waals surface area contributed by atoms with Gasteiger partial charge in [-0.2, -0.15) is 0 Å². The standard InChI is InChI=1S/C9H20N2O/c1-12-8-9(7-10)11-5-3-2-4-6-11/h9H,2-8,10H2,1H3. The molecule has 0 aromatic carbocycles. The molecular formula is C9H20N2O. The summed E-state index contributed by atoms with van der Waals surface area (Å²) in [4.78, 5) is 2.45. The van der Waals surface area contributed by atoms with Crippen LogP contribution < -0.4 is 5.73 Å². The predicted molar refractivity (Wildman–Crippen MR) is 50.1 cm³/mol. The molecule has 1 atom stereocenters. The highest BCUT2D eigenvalue weighted by atomic mass is 16.5. The number of nitrogens with two attached hydrogens (primary N) is 1. The molecular weight excluding hydrogens is 152 g/mol. The summed E-state index contributed by atoms with van der Waals surface area (Å²) < 4.78 is 5.13. The van der Waals surface area contributed by atoms with Crippen LogP contribution in [0.15, 0.2) is 0 Å². The molecule has 1 fully saturated rings. The molecule has 0 aromatic rings. The average molecular weight is 172 g/mol. The van der Waals surface area contributed by atoms with Gasteiger partial charge in [-0.15, -0.1) is 0 Å². The summed E-state index contributed by atoms with van der Waals surface area (Å²) in [5, 5.41) is 0. The van der Waals surface area contributed by atoms with Crippen LogP contribution in [0.1, 0.15) is 19.3 Å². The van der Waals surface area contributed by atoms with Crippen molar-refractivity contribution in [3.63, 3.8) is 0 Å². The number of hydrogen-bond donors (Lipinski definition) is 1. The fraction of sp³-hybridized carbons (Fsp3) is 1.00. The molecule has 0 bridgehead atoms. The molecule has 1 aliphatic heterocycles. The Balaban J connectivity index is 2.29. The minimum Gasteiger partial charge on any atom is -0.383 e. The Morgan fingerprint density at radius 2 is 2.00 bits per heavy atom. The molecule has 72 valence electrons. The van der Waals surface area contributed by atoms with Crippen LogP contribution in [0.4, 0.5) is 0 Å². The van der Waals surface area contributed by atoms with Gasteiger partial charge in [0.2, 0.25) is 0 Å². The van der Waals surface area contributed by atoms with E-state index in [-0.39, 0.29) is 0 Å². The first kappa shape index (κ1) is 9.96. The summed E-state index contributed by atoms with van der Waals surface area (Å²) in [5.74, 6) is 0. The van der Waals surface area contributed by atoms with E-state index in [1.54, 1.807) is 7.11 Å². The van der Waals surface area contributed by atoms with E-state index >= 15 is 0 Å². The lowest BCUT2D eigenvalue weighted by molar-refractivity contribution is 0.0812. The molecule has 2 N–H and O–H groups in total. The van der Waals surface area contributed by atoms with E-state index in [2.05, 4.69) is 4.90 Å². The van der Waals surface area contributed by atoms with E-state index < -0.39 is 0 Å². The average Bonchev–Trinajstić information content (AvgIpc) is 2.15. The molecule has 3 nitrogen and oxygen atoms in total. The van der Waals surface area contributed by atoms with Gasteiger partial charge in [-0.25, -0.2) is 0 Å². The van der Waals surface area contributed by atoms with Crippen LogP contribution in [-0.4, -0.2) is 44.3 Å². The van der Waals surface area contributed by atoms with E-state index in [0.29, 0.717) is 12.6 Å². The minimum absolute atomic E-state index is 0.440. The van der Waals surface area contributed by atoms with Crippen LogP contribution >= 0.6 is 0 Å². The van der Waals surface area contributed by atoms with Crippen molar-refractivity contribution in [2.75, 3.05) is 33.4 Å². The lowest BCUT2D eigenvalue weighted by Crippen LogP contribution is -2.46. The number of nitrogens with zero attached hydrogens (tertiary/aromatic N) is 1. The Bertz CT molecular complexity index is 110. The highest BCUT2D eigenvalue weighted by molar-refractivity contribution is 4.75. The zero-order valence-corrected chi connectivity index (χ0v) is 7.96. The van der Waals surface area contributed by atoms with Gasteiger partial charge in [-0.3, -0.25) is 4.90 Å². The highest BCUT2D eigenvalue weighted by Gasteiger charge is 2.18. The second-order valence-electron chi connectivity index (χ2n) is 3.44. The first-order valence-corrected chi connectivity index (χ1v) is 4.81. The molecule has 0 saturated carbocycles. The van der Waals surface area contributed by atoms with E-state index in [1.165, 1.54) is 32.4 Å². The number of methoxy groups -OCH3 is 1. The monoisotopic (exact) mass is 172 g/mol. The van der Waals surface area contributed by atoms with Gasteiger partial charge in [0.15, 0.2) is 0 Å². The van der Waals surface area contributed by atoms with Crippen LogP contribution in [0, 0.1) is 0 Å². The van der Waals surface area contributed by atoms with Crippen LogP contribution in [0.2, 0.25) is 0 Å². The summed E-state index contributed by atoms with van der Waals surface area (Å²) in [5.41, 5.74) is 5.67. The van der Waals surface area contributed by atoms with Crippen molar-refractivity contribution in [2.45, 2.75) is 25.3 Å². The minimum atomic E-state index is 0.440. The van der Waals surface area contributed by atoms with Gasteiger partial charge in [-0.1, -0.05) is 6.42 Å². The van der Waals surface area contributed by atoms with E-state index in [1.807, 2.05) is 0 Å². The molecule has 0 amide bonds. The van der Waals surface area contributed by atoms with Crippen LogP contribution in [0.5, 0.6) is 0 Å². The van der Waals surface area contributed by atoms with Gasteiger partial charge in [0, 0.05) is 19.7 Å². The molecule has 0 aliphatic carbocycles. The zero-order chi connectivity index (χ0) is 8.81. The highest BCUT2D eigenvalue weighted by Crippen LogP contribution is 2.11. The quantitative estimate of drug-likeness (QED) is 0.669. The number of piperidine rings is 1. The molecule has 1 saturated heterocycles. The van der Waals surface area contributed by atoms with Crippen molar-refractivity contribution >= 4 is 0 Å². The summed E-state index contributed by atoms with van der Waals surface area (Å²) in [7, 11) is 1.74.